The summed E-state index contributed by atoms with van der Waals surface area (Å²) in [7, 11) is 0. The minimum atomic E-state index is 0.0945. The monoisotopic (exact) mass is 350 g/mol. The smallest absolute Gasteiger partial charge is 0.254 e. The molecule has 1 saturated heterocycles. The van der Waals surface area contributed by atoms with Crippen LogP contribution < -0.4 is 0 Å². The maximum absolute atomic E-state index is 12.7. The van der Waals surface area contributed by atoms with Crippen LogP contribution in [0.15, 0.2) is 42.0 Å². The molecule has 1 aromatic carbocycles. The molecule has 0 atom stereocenters. The molecule has 3 aromatic rings. The normalized spacial score (nSPS) is 18.2. The second-order valence-corrected chi connectivity index (χ2v) is 7.71. The van der Waals surface area contributed by atoms with Crippen LogP contribution >= 0.6 is 11.3 Å². The van der Waals surface area contributed by atoms with Crippen molar-refractivity contribution in [3.8, 4) is 0 Å². The van der Waals surface area contributed by atoms with Crippen molar-refractivity contribution >= 4 is 28.3 Å². The molecule has 5 nitrogen and oxygen atoms in total. The van der Waals surface area contributed by atoms with Gasteiger partial charge in [0, 0.05) is 55.1 Å². The van der Waals surface area contributed by atoms with E-state index in [1.807, 2.05) is 34.4 Å². The zero-order valence-electron chi connectivity index (χ0n) is 13.8. The summed E-state index contributed by atoms with van der Waals surface area (Å²) in [5.74, 6) is 0.0945. The molecule has 1 amide bonds. The lowest BCUT2D eigenvalue weighted by Gasteiger charge is -2.46. The lowest BCUT2D eigenvalue weighted by Crippen LogP contribution is -2.61. The van der Waals surface area contributed by atoms with Crippen LogP contribution in [0, 0.1) is 0 Å². The highest BCUT2D eigenvalue weighted by Gasteiger charge is 2.36. The van der Waals surface area contributed by atoms with E-state index in [4.69, 9.17) is 0 Å². The molecular formula is C19H18N4OS. The van der Waals surface area contributed by atoms with Crippen molar-refractivity contribution in [2.75, 3.05) is 19.6 Å². The van der Waals surface area contributed by atoms with Gasteiger partial charge in [0.05, 0.1) is 11.0 Å². The van der Waals surface area contributed by atoms with Crippen LogP contribution in [0.5, 0.6) is 0 Å². The number of rotatable bonds is 2. The molecular weight excluding hydrogens is 332 g/mol. The topological polar surface area (TPSA) is 49.3 Å². The van der Waals surface area contributed by atoms with Crippen molar-refractivity contribution in [2.24, 2.45) is 0 Å². The average molecular weight is 350 g/mol. The fourth-order valence-electron chi connectivity index (χ4n) is 3.71. The average Bonchev–Trinajstić information content (AvgIpc) is 3.08. The van der Waals surface area contributed by atoms with Crippen LogP contribution in [0.25, 0.3) is 11.0 Å². The fraction of sp³-hybridized carbons (Fsp3) is 0.316. The summed E-state index contributed by atoms with van der Waals surface area (Å²) >= 11 is 1.87. The Morgan fingerprint density at radius 3 is 2.84 bits per heavy atom. The number of carbonyl (C=O) groups excluding carboxylic acids is 1. The quantitative estimate of drug-likeness (QED) is 0.713. The first-order valence-corrected chi connectivity index (χ1v) is 9.45. The first-order valence-electron chi connectivity index (χ1n) is 8.57. The van der Waals surface area contributed by atoms with Gasteiger partial charge in [-0.2, -0.15) is 0 Å². The van der Waals surface area contributed by atoms with Crippen molar-refractivity contribution in [1.82, 2.24) is 19.8 Å². The van der Waals surface area contributed by atoms with Crippen LogP contribution in [0.2, 0.25) is 0 Å². The van der Waals surface area contributed by atoms with Gasteiger partial charge in [0.15, 0.2) is 0 Å². The number of nitrogens with zero attached hydrogens (tertiary/aromatic N) is 4. The zero-order chi connectivity index (χ0) is 16.8. The summed E-state index contributed by atoms with van der Waals surface area (Å²) in [6.45, 7) is 3.76. The molecule has 126 valence electrons. The Labute approximate surface area is 149 Å². The fourth-order valence-corrected chi connectivity index (χ4v) is 4.60. The Morgan fingerprint density at radius 2 is 1.96 bits per heavy atom. The summed E-state index contributed by atoms with van der Waals surface area (Å²) in [4.78, 5) is 27.2. The Bertz CT molecular complexity index is 947. The van der Waals surface area contributed by atoms with E-state index in [9.17, 15) is 4.79 Å². The van der Waals surface area contributed by atoms with E-state index < -0.39 is 0 Å². The second-order valence-electron chi connectivity index (χ2n) is 6.71. The third kappa shape index (κ3) is 2.62. The molecule has 0 aliphatic carbocycles. The van der Waals surface area contributed by atoms with Gasteiger partial charge in [0.1, 0.15) is 0 Å². The highest BCUT2D eigenvalue weighted by molar-refractivity contribution is 7.10. The third-order valence-electron chi connectivity index (χ3n) is 5.22. The number of benzene rings is 1. The van der Waals surface area contributed by atoms with E-state index in [0.29, 0.717) is 11.6 Å². The number of aromatic nitrogens is 2. The van der Waals surface area contributed by atoms with Gasteiger partial charge in [-0.3, -0.25) is 19.7 Å². The Hall–Kier alpha value is -2.31. The number of carbonyl (C=O) groups is 1. The summed E-state index contributed by atoms with van der Waals surface area (Å²) < 4.78 is 0. The molecule has 6 heteroatoms. The van der Waals surface area contributed by atoms with Gasteiger partial charge in [-0.1, -0.05) is 0 Å². The number of fused-ring (bicyclic) bond motifs is 2. The molecule has 2 aliphatic rings. The highest BCUT2D eigenvalue weighted by Crippen LogP contribution is 2.28. The van der Waals surface area contributed by atoms with Crippen LogP contribution in [-0.4, -0.2) is 51.4 Å². The summed E-state index contributed by atoms with van der Waals surface area (Å²) in [6.07, 6.45) is 4.47. The van der Waals surface area contributed by atoms with E-state index in [0.717, 1.165) is 43.6 Å². The molecule has 2 aromatic heterocycles. The van der Waals surface area contributed by atoms with Crippen molar-refractivity contribution in [1.29, 1.82) is 0 Å². The molecule has 0 radical (unpaired) electrons. The van der Waals surface area contributed by atoms with Crippen LogP contribution in [0.1, 0.15) is 20.8 Å². The maximum Gasteiger partial charge on any atom is 0.254 e. The minimum absolute atomic E-state index is 0.0945. The van der Waals surface area contributed by atoms with Gasteiger partial charge in [-0.15, -0.1) is 11.3 Å². The zero-order valence-corrected chi connectivity index (χ0v) is 14.6. The summed E-state index contributed by atoms with van der Waals surface area (Å²) in [5.41, 5.74) is 3.76. The molecule has 5 rings (SSSR count). The number of hydrogen-bond acceptors (Lipinski definition) is 5. The van der Waals surface area contributed by atoms with E-state index in [1.54, 1.807) is 12.4 Å². The lowest BCUT2D eigenvalue weighted by molar-refractivity contribution is 0.0221. The Kier molecular flexibility index (Phi) is 3.53. The molecule has 0 bridgehead atoms. The summed E-state index contributed by atoms with van der Waals surface area (Å²) in [5, 5.41) is 2.19. The molecule has 0 saturated carbocycles. The van der Waals surface area contributed by atoms with E-state index in [2.05, 4.69) is 26.3 Å². The third-order valence-corrected chi connectivity index (χ3v) is 6.24. The maximum atomic E-state index is 12.7. The van der Waals surface area contributed by atoms with E-state index >= 15 is 0 Å². The van der Waals surface area contributed by atoms with Crippen molar-refractivity contribution < 1.29 is 4.79 Å². The van der Waals surface area contributed by atoms with Gasteiger partial charge in [-0.25, -0.2) is 0 Å². The van der Waals surface area contributed by atoms with Crippen molar-refractivity contribution in [3.63, 3.8) is 0 Å². The van der Waals surface area contributed by atoms with E-state index in [1.165, 1.54) is 10.4 Å². The molecule has 2 aliphatic heterocycles. The standard InChI is InChI=1S/C19H18N4OS/c24-19(13-1-2-16-17(9-13)21-6-5-20-16)23-11-15(12-23)22-7-3-18-14(10-22)4-8-25-18/h1-2,4-6,8-9,15H,3,7,10-12H2. The van der Waals surface area contributed by atoms with Crippen molar-refractivity contribution in [3.05, 3.63) is 58.0 Å². The number of amides is 1. The molecule has 0 spiro atoms. The highest BCUT2D eigenvalue weighted by atomic mass is 32.1. The molecule has 4 heterocycles. The first kappa shape index (κ1) is 15.0. The van der Waals surface area contributed by atoms with Gasteiger partial charge < -0.3 is 4.90 Å². The van der Waals surface area contributed by atoms with Crippen LogP contribution in [-0.2, 0) is 13.0 Å². The molecule has 0 N–H and O–H groups in total. The second kappa shape index (κ2) is 5.89. The number of hydrogen-bond donors (Lipinski definition) is 0. The predicted molar refractivity (Wildman–Crippen MR) is 97.7 cm³/mol. The van der Waals surface area contributed by atoms with Gasteiger partial charge in [0.2, 0.25) is 0 Å². The SMILES string of the molecule is O=C(c1ccc2nccnc2c1)N1CC(N2CCc3sccc3C2)C1. The van der Waals surface area contributed by atoms with Crippen LogP contribution in [0.3, 0.4) is 0 Å². The van der Waals surface area contributed by atoms with Gasteiger partial charge in [0.25, 0.3) is 5.91 Å². The van der Waals surface area contributed by atoms with E-state index in [-0.39, 0.29) is 5.91 Å². The lowest BCUT2D eigenvalue weighted by atomic mass is 10.0. The predicted octanol–water partition coefficient (Wildman–Crippen LogP) is 2.57. The Morgan fingerprint density at radius 1 is 1.12 bits per heavy atom. The van der Waals surface area contributed by atoms with Crippen molar-refractivity contribution in [2.45, 2.75) is 19.0 Å². The Balaban J connectivity index is 1.26. The summed E-state index contributed by atoms with van der Waals surface area (Å²) in [6, 6.07) is 8.29. The first-order chi connectivity index (χ1) is 12.3. The van der Waals surface area contributed by atoms with Crippen LogP contribution in [0.4, 0.5) is 0 Å². The van der Waals surface area contributed by atoms with Gasteiger partial charge >= 0.3 is 0 Å². The molecule has 25 heavy (non-hydrogen) atoms. The minimum Gasteiger partial charge on any atom is -0.335 e. The number of likely N-dealkylation sites (tertiary alicyclic amines) is 1. The number of thiophene rings is 1. The molecule has 1 fully saturated rings. The van der Waals surface area contributed by atoms with Gasteiger partial charge in [-0.05, 0) is 41.6 Å². The molecule has 0 unspecified atom stereocenters. The largest absolute Gasteiger partial charge is 0.335 e.